The lowest BCUT2D eigenvalue weighted by atomic mass is 10.1. The maximum absolute atomic E-state index is 3.47. The molecule has 0 aliphatic rings. The fourth-order valence-corrected chi connectivity index (χ4v) is 2.76. The molecule has 3 heteroatoms. The molecule has 0 amide bonds. The summed E-state index contributed by atoms with van der Waals surface area (Å²) in [6.45, 7) is 9.08. The van der Waals surface area contributed by atoms with Gasteiger partial charge < -0.3 is 5.32 Å². The second kappa shape index (κ2) is 7.85. The second-order valence-electron chi connectivity index (χ2n) is 4.74. The zero-order valence-electron chi connectivity index (χ0n) is 11.6. The molecule has 0 spiro atoms. The highest BCUT2D eigenvalue weighted by Gasteiger charge is 2.17. The van der Waals surface area contributed by atoms with E-state index in [0.717, 1.165) is 13.1 Å². The third-order valence-electron chi connectivity index (χ3n) is 3.43. The molecular formula is C14H26N2S. The molecule has 0 saturated carbocycles. The SMILES string of the molecule is CCCNCCC(C)N(C)C(C)c1cccs1. The molecule has 2 unspecified atom stereocenters. The van der Waals surface area contributed by atoms with Gasteiger partial charge in [-0.2, -0.15) is 0 Å². The van der Waals surface area contributed by atoms with Crippen molar-refractivity contribution in [1.82, 2.24) is 10.2 Å². The van der Waals surface area contributed by atoms with Gasteiger partial charge in [0.25, 0.3) is 0 Å². The molecule has 0 saturated heterocycles. The van der Waals surface area contributed by atoms with Gasteiger partial charge in [-0.3, -0.25) is 4.90 Å². The molecule has 1 rings (SSSR count). The van der Waals surface area contributed by atoms with Gasteiger partial charge in [-0.25, -0.2) is 0 Å². The molecule has 2 nitrogen and oxygen atoms in total. The van der Waals surface area contributed by atoms with E-state index in [9.17, 15) is 0 Å². The maximum Gasteiger partial charge on any atom is 0.0413 e. The standard InChI is InChI=1S/C14H26N2S/c1-5-9-15-10-8-12(2)16(4)13(3)14-7-6-11-17-14/h6-7,11-13,15H,5,8-10H2,1-4H3. The number of nitrogens with one attached hydrogen (secondary N) is 1. The summed E-state index contributed by atoms with van der Waals surface area (Å²) < 4.78 is 0. The third kappa shape index (κ3) is 4.78. The zero-order valence-corrected chi connectivity index (χ0v) is 12.4. The molecule has 1 aromatic rings. The van der Waals surface area contributed by atoms with Crippen LogP contribution in [0.25, 0.3) is 0 Å². The van der Waals surface area contributed by atoms with Crippen molar-refractivity contribution in [2.45, 2.75) is 45.7 Å². The Morgan fingerprint density at radius 2 is 2.12 bits per heavy atom. The van der Waals surface area contributed by atoms with Gasteiger partial charge in [0.1, 0.15) is 0 Å². The quantitative estimate of drug-likeness (QED) is 0.714. The van der Waals surface area contributed by atoms with Gasteiger partial charge in [0.2, 0.25) is 0 Å². The lowest BCUT2D eigenvalue weighted by Gasteiger charge is -2.30. The van der Waals surface area contributed by atoms with Crippen LogP contribution in [0.15, 0.2) is 17.5 Å². The smallest absolute Gasteiger partial charge is 0.0413 e. The number of nitrogens with zero attached hydrogens (tertiary/aromatic N) is 1. The van der Waals surface area contributed by atoms with Crippen LogP contribution in [-0.2, 0) is 0 Å². The topological polar surface area (TPSA) is 15.3 Å². The van der Waals surface area contributed by atoms with E-state index < -0.39 is 0 Å². The fraction of sp³-hybridized carbons (Fsp3) is 0.714. The van der Waals surface area contributed by atoms with Gasteiger partial charge >= 0.3 is 0 Å². The number of rotatable bonds is 8. The van der Waals surface area contributed by atoms with Crippen molar-refractivity contribution < 1.29 is 0 Å². The van der Waals surface area contributed by atoms with Crippen LogP contribution in [0, 0.1) is 0 Å². The molecule has 1 heterocycles. The van der Waals surface area contributed by atoms with Gasteiger partial charge in [-0.15, -0.1) is 11.3 Å². The average Bonchev–Trinajstić information content (AvgIpc) is 2.86. The summed E-state index contributed by atoms with van der Waals surface area (Å²) >= 11 is 1.85. The van der Waals surface area contributed by atoms with E-state index in [2.05, 4.69) is 55.5 Å². The summed E-state index contributed by atoms with van der Waals surface area (Å²) in [7, 11) is 2.23. The minimum atomic E-state index is 0.524. The van der Waals surface area contributed by atoms with E-state index >= 15 is 0 Å². The Morgan fingerprint density at radius 3 is 2.71 bits per heavy atom. The van der Waals surface area contributed by atoms with Gasteiger partial charge in [-0.1, -0.05) is 13.0 Å². The first-order chi connectivity index (χ1) is 8.16. The normalized spacial score (nSPS) is 15.1. The van der Waals surface area contributed by atoms with Crippen LogP contribution >= 0.6 is 11.3 Å². The molecule has 0 aliphatic carbocycles. The lowest BCUT2D eigenvalue weighted by molar-refractivity contribution is 0.190. The molecule has 1 aromatic heterocycles. The molecular weight excluding hydrogens is 228 g/mol. The number of hydrogen-bond acceptors (Lipinski definition) is 3. The minimum Gasteiger partial charge on any atom is -0.317 e. The predicted octanol–water partition coefficient (Wildman–Crippen LogP) is 3.52. The summed E-state index contributed by atoms with van der Waals surface area (Å²) in [5.74, 6) is 0. The van der Waals surface area contributed by atoms with Crippen LogP contribution in [0.5, 0.6) is 0 Å². The van der Waals surface area contributed by atoms with Crippen molar-refractivity contribution in [3.63, 3.8) is 0 Å². The lowest BCUT2D eigenvalue weighted by Crippen LogP contribution is -2.34. The molecule has 2 atom stereocenters. The van der Waals surface area contributed by atoms with E-state index in [-0.39, 0.29) is 0 Å². The van der Waals surface area contributed by atoms with E-state index in [1.807, 2.05) is 11.3 Å². The Labute approximate surface area is 110 Å². The van der Waals surface area contributed by atoms with Gasteiger partial charge in [0.05, 0.1) is 0 Å². The molecule has 0 bridgehead atoms. The minimum absolute atomic E-state index is 0.524. The van der Waals surface area contributed by atoms with Crippen molar-refractivity contribution in [1.29, 1.82) is 0 Å². The van der Waals surface area contributed by atoms with Gasteiger partial charge in [0.15, 0.2) is 0 Å². The van der Waals surface area contributed by atoms with Crippen LogP contribution in [0.1, 0.15) is 44.5 Å². The maximum atomic E-state index is 3.47. The molecule has 0 radical (unpaired) electrons. The number of thiophene rings is 1. The predicted molar refractivity (Wildman–Crippen MR) is 77.7 cm³/mol. The monoisotopic (exact) mass is 254 g/mol. The molecule has 0 fully saturated rings. The Bertz CT molecular complexity index is 284. The largest absolute Gasteiger partial charge is 0.317 e. The Hall–Kier alpha value is -0.380. The van der Waals surface area contributed by atoms with Gasteiger partial charge in [-0.05, 0) is 58.3 Å². The zero-order chi connectivity index (χ0) is 12.7. The van der Waals surface area contributed by atoms with Crippen LogP contribution in [0.2, 0.25) is 0 Å². The van der Waals surface area contributed by atoms with E-state index in [1.165, 1.54) is 17.7 Å². The summed E-state index contributed by atoms with van der Waals surface area (Å²) in [6, 6.07) is 5.51. The highest BCUT2D eigenvalue weighted by atomic mass is 32.1. The Balaban J connectivity index is 2.33. The average molecular weight is 254 g/mol. The number of hydrogen-bond donors (Lipinski definition) is 1. The first-order valence-electron chi connectivity index (χ1n) is 6.62. The van der Waals surface area contributed by atoms with Crippen LogP contribution in [0.3, 0.4) is 0 Å². The second-order valence-corrected chi connectivity index (χ2v) is 5.72. The first kappa shape index (κ1) is 14.7. The first-order valence-corrected chi connectivity index (χ1v) is 7.50. The van der Waals surface area contributed by atoms with Crippen LogP contribution in [-0.4, -0.2) is 31.1 Å². The summed E-state index contributed by atoms with van der Waals surface area (Å²) in [6.07, 6.45) is 2.43. The van der Waals surface area contributed by atoms with Crippen LogP contribution < -0.4 is 5.32 Å². The Kier molecular flexibility index (Phi) is 6.78. The summed E-state index contributed by atoms with van der Waals surface area (Å²) in [4.78, 5) is 3.93. The van der Waals surface area contributed by atoms with Crippen molar-refractivity contribution in [3.8, 4) is 0 Å². The van der Waals surface area contributed by atoms with Crippen LogP contribution in [0.4, 0.5) is 0 Å². The van der Waals surface area contributed by atoms with Gasteiger partial charge in [0, 0.05) is 17.0 Å². The summed E-state index contributed by atoms with van der Waals surface area (Å²) in [5, 5.41) is 5.63. The summed E-state index contributed by atoms with van der Waals surface area (Å²) in [5.41, 5.74) is 0. The van der Waals surface area contributed by atoms with Crippen molar-refractivity contribution in [2.24, 2.45) is 0 Å². The Morgan fingerprint density at radius 1 is 1.35 bits per heavy atom. The molecule has 0 aliphatic heterocycles. The molecule has 17 heavy (non-hydrogen) atoms. The molecule has 98 valence electrons. The van der Waals surface area contributed by atoms with E-state index in [1.54, 1.807) is 0 Å². The van der Waals surface area contributed by atoms with E-state index in [4.69, 9.17) is 0 Å². The van der Waals surface area contributed by atoms with Crippen molar-refractivity contribution >= 4 is 11.3 Å². The fourth-order valence-electron chi connectivity index (χ4n) is 1.93. The molecule has 1 N–H and O–H groups in total. The third-order valence-corrected chi connectivity index (χ3v) is 4.47. The highest BCUT2D eigenvalue weighted by Crippen LogP contribution is 2.25. The molecule has 0 aromatic carbocycles. The highest BCUT2D eigenvalue weighted by molar-refractivity contribution is 7.10. The van der Waals surface area contributed by atoms with Crippen molar-refractivity contribution in [3.05, 3.63) is 22.4 Å². The van der Waals surface area contributed by atoms with E-state index in [0.29, 0.717) is 12.1 Å². The van der Waals surface area contributed by atoms with Crippen molar-refractivity contribution in [2.75, 3.05) is 20.1 Å².